The van der Waals surface area contributed by atoms with E-state index in [-0.39, 0.29) is 12.3 Å². The van der Waals surface area contributed by atoms with Gasteiger partial charge < -0.3 is 5.73 Å². The normalized spacial score (nSPS) is 11.2. The van der Waals surface area contributed by atoms with E-state index in [0.717, 1.165) is 10.6 Å². The van der Waals surface area contributed by atoms with Gasteiger partial charge in [-0.1, -0.05) is 0 Å². The maximum Gasteiger partial charge on any atom is 0.231 e. The second-order valence-electron chi connectivity index (χ2n) is 3.40. The summed E-state index contributed by atoms with van der Waals surface area (Å²) in [5, 5.41) is 0. The highest BCUT2D eigenvalue weighted by Gasteiger charge is 2.12. The van der Waals surface area contributed by atoms with Crippen molar-refractivity contribution in [2.45, 2.75) is 0 Å². The van der Waals surface area contributed by atoms with Crippen LogP contribution in [0, 0.1) is 0 Å². The number of benzene rings is 1. The zero-order valence-electron chi connectivity index (χ0n) is 9.17. The van der Waals surface area contributed by atoms with Gasteiger partial charge in [-0.15, -0.1) is 0 Å². The van der Waals surface area contributed by atoms with Crippen LogP contribution in [0.3, 0.4) is 0 Å². The highest BCUT2D eigenvalue weighted by Crippen LogP contribution is 2.16. The van der Waals surface area contributed by atoms with Gasteiger partial charge in [0.2, 0.25) is 10.0 Å². The SMILES string of the molecule is CN(c1ccc(C(=O)CN)cc1)S(C)(=O)=O. The summed E-state index contributed by atoms with van der Waals surface area (Å²) in [6.45, 7) is -0.0543. The topological polar surface area (TPSA) is 80.5 Å². The van der Waals surface area contributed by atoms with E-state index in [2.05, 4.69) is 0 Å². The molecule has 0 atom stereocenters. The van der Waals surface area contributed by atoms with Crippen LogP contribution in [0.4, 0.5) is 5.69 Å². The zero-order valence-corrected chi connectivity index (χ0v) is 9.99. The van der Waals surface area contributed by atoms with Crippen LogP contribution in [-0.2, 0) is 10.0 Å². The first-order valence-electron chi connectivity index (χ1n) is 4.63. The van der Waals surface area contributed by atoms with Crippen molar-refractivity contribution >= 4 is 21.5 Å². The Labute approximate surface area is 94.9 Å². The molecule has 0 aliphatic heterocycles. The Morgan fingerprint density at radius 1 is 1.31 bits per heavy atom. The smallest absolute Gasteiger partial charge is 0.231 e. The molecule has 5 nitrogen and oxygen atoms in total. The molecule has 1 rings (SSSR count). The van der Waals surface area contributed by atoms with E-state index in [4.69, 9.17) is 5.73 Å². The standard InChI is InChI=1S/C10H14N2O3S/c1-12(16(2,14)15)9-5-3-8(4-6-9)10(13)7-11/h3-6H,7,11H2,1-2H3. The number of rotatable bonds is 4. The minimum absolute atomic E-state index is 0.0543. The van der Waals surface area contributed by atoms with Crippen molar-refractivity contribution < 1.29 is 13.2 Å². The summed E-state index contributed by atoms with van der Waals surface area (Å²) in [4.78, 5) is 11.2. The molecule has 2 N–H and O–H groups in total. The molecule has 0 bridgehead atoms. The summed E-state index contributed by atoms with van der Waals surface area (Å²) in [6, 6.07) is 6.27. The molecule has 1 aromatic carbocycles. The van der Waals surface area contributed by atoms with Crippen molar-refractivity contribution in [3.63, 3.8) is 0 Å². The third-order valence-corrected chi connectivity index (χ3v) is 3.44. The fraction of sp³-hybridized carbons (Fsp3) is 0.300. The maximum absolute atomic E-state index is 11.2. The average molecular weight is 242 g/mol. The highest BCUT2D eigenvalue weighted by atomic mass is 32.2. The van der Waals surface area contributed by atoms with Gasteiger partial charge in [-0.3, -0.25) is 9.10 Å². The van der Waals surface area contributed by atoms with Crippen molar-refractivity contribution in [3.05, 3.63) is 29.8 Å². The maximum atomic E-state index is 11.2. The van der Waals surface area contributed by atoms with Crippen molar-refractivity contribution in [2.75, 3.05) is 24.2 Å². The van der Waals surface area contributed by atoms with Crippen LogP contribution < -0.4 is 10.0 Å². The largest absolute Gasteiger partial charge is 0.324 e. The molecule has 1 aromatic rings. The fourth-order valence-corrected chi connectivity index (χ4v) is 1.67. The van der Waals surface area contributed by atoms with Crippen LogP contribution in [0.5, 0.6) is 0 Å². The predicted molar refractivity (Wildman–Crippen MR) is 63.1 cm³/mol. The fourth-order valence-electron chi connectivity index (χ4n) is 1.17. The number of ketones is 1. The van der Waals surface area contributed by atoms with E-state index < -0.39 is 10.0 Å². The first kappa shape index (κ1) is 12.7. The molecule has 0 fully saturated rings. The second-order valence-corrected chi connectivity index (χ2v) is 5.42. The molecule has 0 spiro atoms. The Balaban J connectivity index is 3.00. The quantitative estimate of drug-likeness (QED) is 0.766. The molecule has 0 unspecified atom stereocenters. The molecule has 0 radical (unpaired) electrons. The van der Waals surface area contributed by atoms with E-state index in [0.29, 0.717) is 11.3 Å². The summed E-state index contributed by atoms with van der Waals surface area (Å²) in [5.41, 5.74) is 6.21. The van der Waals surface area contributed by atoms with Gasteiger partial charge in [-0.2, -0.15) is 0 Å². The Hall–Kier alpha value is -1.40. The summed E-state index contributed by atoms with van der Waals surface area (Å²) < 4.78 is 23.6. The van der Waals surface area contributed by atoms with E-state index in [1.807, 2.05) is 0 Å². The van der Waals surface area contributed by atoms with Gasteiger partial charge in [0.05, 0.1) is 18.5 Å². The minimum Gasteiger partial charge on any atom is -0.324 e. The molecular formula is C10H14N2O3S. The number of sulfonamides is 1. The second kappa shape index (κ2) is 4.63. The Kier molecular flexibility index (Phi) is 3.66. The lowest BCUT2D eigenvalue weighted by molar-refractivity contribution is 0.100. The van der Waals surface area contributed by atoms with Gasteiger partial charge in [0.15, 0.2) is 5.78 Å². The van der Waals surface area contributed by atoms with Gasteiger partial charge in [0.25, 0.3) is 0 Å². The highest BCUT2D eigenvalue weighted by molar-refractivity contribution is 7.92. The number of anilines is 1. The molecular weight excluding hydrogens is 228 g/mol. The number of nitrogens with two attached hydrogens (primary N) is 1. The van der Waals surface area contributed by atoms with Gasteiger partial charge >= 0.3 is 0 Å². The van der Waals surface area contributed by atoms with Gasteiger partial charge in [0, 0.05) is 12.6 Å². The van der Waals surface area contributed by atoms with Gasteiger partial charge in [0.1, 0.15) is 0 Å². The van der Waals surface area contributed by atoms with Crippen molar-refractivity contribution in [3.8, 4) is 0 Å². The summed E-state index contributed by atoms with van der Waals surface area (Å²) in [5.74, 6) is -0.173. The van der Waals surface area contributed by atoms with Gasteiger partial charge in [-0.25, -0.2) is 8.42 Å². The predicted octanol–water partition coefficient (Wildman–Crippen LogP) is 0.224. The van der Waals surface area contributed by atoms with E-state index in [1.54, 1.807) is 24.3 Å². The summed E-state index contributed by atoms with van der Waals surface area (Å²) in [7, 11) is -1.82. The van der Waals surface area contributed by atoms with Gasteiger partial charge in [-0.05, 0) is 24.3 Å². The van der Waals surface area contributed by atoms with Crippen molar-refractivity contribution in [1.82, 2.24) is 0 Å². The Bertz CT molecular complexity index is 479. The first-order chi connectivity index (χ1) is 7.36. The van der Waals surface area contributed by atoms with Crippen LogP contribution in [-0.4, -0.2) is 34.0 Å². The molecule has 0 heterocycles. The molecule has 0 saturated heterocycles. The minimum atomic E-state index is -3.27. The number of hydrogen-bond acceptors (Lipinski definition) is 4. The Morgan fingerprint density at radius 2 is 1.81 bits per heavy atom. The average Bonchev–Trinajstić information content (AvgIpc) is 2.26. The van der Waals surface area contributed by atoms with Crippen LogP contribution in [0.2, 0.25) is 0 Å². The van der Waals surface area contributed by atoms with E-state index >= 15 is 0 Å². The number of carbonyl (C=O) groups excluding carboxylic acids is 1. The monoisotopic (exact) mass is 242 g/mol. The first-order valence-corrected chi connectivity index (χ1v) is 6.48. The van der Waals surface area contributed by atoms with Crippen LogP contribution in [0.1, 0.15) is 10.4 Å². The molecule has 6 heteroatoms. The molecule has 0 aromatic heterocycles. The van der Waals surface area contributed by atoms with Crippen LogP contribution in [0.15, 0.2) is 24.3 Å². The van der Waals surface area contributed by atoms with Crippen molar-refractivity contribution in [2.24, 2.45) is 5.73 Å². The zero-order chi connectivity index (χ0) is 12.3. The number of nitrogens with zero attached hydrogens (tertiary/aromatic N) is 1. The molecule has 0 aliphatic carbocycles. The van der Waals surface area contributed by atoms with E-state index in [9.17, 15) is 13.2 Å². The lowest BCUT2D eigenvalue weighted by atomic mass is 10.1. The lowest BCUT2D eigenvalue weighted by Crippen LogP contribution is -2.24. The van der Waals surface area contributed by atoms with Crippen LogP contribution in [0.25, 0.3) is 0 Å². The third kappa shape index (κ3) is 2.80. The number of carbonyl (C=O) groups is 1. The molecule has 0 saturated carbocycles. The number of hydrogen-bond donors (Lipinski definition) is 1. The van der Waals surface area contributed by atoms with Crippen LogP contribution >= 0.6 is 0 Å². The Morgan fingerprint density at radius 3 is 2.19 bits per heavy atom. The van der Waals surface area contributed by atoms with E-state index in [1.165, 1.54) is 7.05 Å². The molecule has 16 heavy (non-hydrogen) atoms. The number of Topliss-reactive ketones (excluding diaryl/α,β-unsaturated/α-hetero) is 1. The summed E-state index contributed by atoms with van der Waals surface area (Å²) in [6.07, 6.45) is 1.12. The molecule has 88 valence electrons. The molecule has 0 aliphatic rings. The summed E-state index contributed by atoms with van der Waals surface area (Å²) >= 11 is 0. The lowest BCUT2D eigenvalue weighted by Gasteiger charge is -2.16. The molecule has 0 amide bonds. The third-order valence-electron chi connectivity index (χ3n) is 2.24. The van der Waals surface area contributed by atoms with Crippen molar-refractivity contribution in [1.29, 1.82) is 0 Å².